The predicted molar refractivity (Wildman–Crippen MR) is 131 cm³/mol. The van der Waals surface area contributed by atoms with Crippen LogP contribution in [0, 0.1) is 0 Å². The van der Waals surface area contributed by atoms with E-state index in [1.165, 1.54) is 24.9 Å². The number of carbonyl (C=O) groups excluding carboxylic acids is 2. The number of nitrogens with one attached hydrogen (secondary N) is 2. The van der Waals surface area contributed by atoms with E-state index in [9.17, 15) is 9.59 Å². The van der Waals surface area contributed by atoms with Crippen molar-refractivity contribution in [1.82, 2.24) is 20.1 Å². The van der Waals surface area contributed by atoms with E-state index in [2.05, 4.69) is 20.8 Å². The first-order valence-corrected chi connectivity index (χ1v) is 11.9. The summed E-state index contributed by atoms with van der Waals surface area (Å²) in [5.74, 6) is 0.604. The van der Waals surface area contributed by atoms with Gasteiger partial charge in [0.1, 0.15) is 5.75 Å². The van der Waals surface area contributed by atoms with Crippen molar-refractivity contribution in [3.05, 3.63) is 62.9 Å². The number of thioether (sulfide) groups is 1. The summed E-state index contributed by atoms with van der Waals surface area (Å²) in [6, 6.07) is 9.62. The average Bonchev–Trinajstić information content (AvgIpc) is 3.19. The van der Waals surface area contributed by atoms with Crippen molar-refractivity contribution in [2.75, 3.05) is 18.2 Å². The molecule has 12 heteroatoms. The van der Waals surface area contributed by atoms with E-state index >= 15 is 0 Å². The van der Waals surface area contributed by atoms with Crippen molar-refractivity contribution >= 4 is 64.1 Å². The Kier molecular flexibility index (Phi) is 8.85. The topological polar surface area (TPSA) is 98.1 Å². The summed E-state index contributed by atoms with van der Waals surface area (Å²) in [5, 5.41) is 15.6. The highest BCUT2D eigenvalue weighted by Crippen LogP contribution is 2.28. The normalized spacial score (nSPS) is 10.7. The zero-order chi connectivity index (χ0) is 24.0. The molecule has 3 aromatic rings. The molecule has 1 heterocycles. The smallest absolute Gasteiger partial charge is 0.251 e. The van der Waals surface area contributed by atoms with Gasteiger partial charge in [-0.05, 0) is 43.3 Å². The highest BCUT2D eigenvalue weighted by atomic mass is 35.5. The molecule has 2 N–H and O–H groups in total. The number of methoxy groups -OCH3 is 1. The van der Waals surface area contributed by atoms with Crippen LogP contribution < -0.4 is 15.4 Å². The largest absolute Gasteiger partial charge is 0.495 e. The first kappa shape index (κ1) is 25.2. The summed E-state index contributed by atoms with van der Waals surface area (Å²) in [5.41, 5.74) is 0.868. The molecule has 0 atom stereocenters. The molecule has 0 aliphatic rings. The zero-order valence-electron chi connectivity index (χ0n) is 17.7. The number of anilines is 1. The molecule has 8 nitrogen and oxygen atoms in total. The SMILES string of the molecule is CCn1c(CNC(=O)c2ccc(Cl)c(Cl)c2)nnc1SCC(=O)Nc1cc(Cl)ccc1OC. The number of halogens is 3. The maximum Gasteiger partial charge on any atom is 0.251 e. The summed E-state index contributed by atoms with van der Waals surface area (Å²) in [7, 11) is 1.51. The molecule has 33 heavy (non-hydrogen) atoms. The summed E-state index contributed by atoms with van der Waals surface area (Å²) in [4.78, 5) is 24.8. The summed E-state index contributed by atoms with van der Waals surface area (Å²) < 4.78 is 7.07. The number of hydrogen-bond donors (Lipinski definition) is 2. The number of amides is 2. The van der Waals surface area contributed by atoms with Gasteiger partial charge < -0.3 is 19.9 Å². The van der Waals surface area contributed by atoms with Crippen LogP contribution in [0.3, 0.4) is 0 Å². The third-order valence-corrected chi connectivity index (χ3v) is 6.41. The van der Waals surface area contributed by atoms with Crippen LogP contribution in [0.5, 0.6) is 5.75 Å². The maximum atomic E-state index is 12.4. The van der Waals surface area contributed by atoms with Gasteiger partial charge in [0.05, 0.1) is 35.1 Å². The Bertz CT molecular complexity index is 1170. The minimum atomic E-state index is -0.316. The Balaban J connectivity index is 1.60. The molecule has 0 saturated carbocycles. The fraction of sp³-hybridized carbons (Fsp3) is 0.238. The number of hydrogen-bond acceptors (Lipinski definition) is 6. The third kappa shape index (κ3) is 6.54. The Morgan fingerprint density at radius 3 is 2.58 bits per heavy atom. The van der Waals surface area contributed by atoms with Crippen LogP contribution in [0.25, 0.3) is 0 Å². The number of ether oxygens (including phenoxy) is 1. The molecule has 0 unspecified atom stereocenters. The minimum absolute atomic E-state index is 0.101. The lowest BCUT2D eigenvalue weighted by Gasteiger charge is -2.11. The lowest BCUT2D eigenvalue weighted by molar-refractivity contribution is -0.113. The Labute approximate surface area is 209 Å². The summed E-state index contributed by atoms with van der Waals surface area (Å²) in [6.07, 6.45) is 0. The molecule has 0 fully saturated rings. The molecule has 1 aromatic heterocycles. The highest BCUT2D eigenvalue weighted by Gasteiger charge is 2.16. The van der Waals surface area contributed by atoms with Crippen LogP contribution in [0.2, 0.25) is 15.1 Å². The molecule has 0 bridgehead atoms. The van der Waals surface area contributed by atoms with Crippen LogP contribution in [0.15, 0.2) is 41.6 Å². The van der Waals surface area contributed by atoms with E-state index in [1.54, 1.807) is 30.3 Å². The first-order valence-electron chi connectivity index (χ1n) is 9.73. The van der Waals surface area contributed by atoms with E-state index in [0.29, 0.717) is 49.6 Å². The monoisotopic (exact) mass is 527 g/mol. The zero-order valence-corrected chi connectivity index (χ0v) is 20.8. The van der Waals surface area contributed by atoms with Crippen LogP contribution >= 0.6 is 46.6 Å². The van der Waals surface area contributed by atoms with Gasteiger partial charge in [-0.15, -0.1) is 10.2 Å². The first-order chi connectivity index (χ1) is 15.8. The van der Waals surface area contributed by atoms with Crippen molar-refractivity contribution < 1.29 is 14.3 Å². The standard InChI is InChI=1S/C21H20Cl3N5O3S/c1-3-29-18(10-25-20(31)12-4-6-14(23)15(24)8-12)27-28-21(29)33-11-19(30)26-16-9-13(22)5-7-17(16)32-2/h4-9H,3,10-11H2,1-2H3,(H,25,31)(H,26,30). The van der Waals surface area contributed by atoms with E-state index in [1.807, 2.05) is 11.5 Å². The number of nitrogens with zero attached hydrogens (tertiary/aromatic N) is 3. The molecule has 0 radical (unpaired) electrons. The van der Waals surface area contributed by atoms with Crippen molar-refractivity contribution in [3.8, 4) is 5.75 Å². The molecule has 2 amide bonds. The van der Waals surface area contributed by atoms with E-state index in [0.717, 1.165) is 0 Å². The minimum Gasteiger partial charge on any atom is -0.495 e. The number of benzene rings is 2. The van der Waals surface area contributed by atoms with Gasteiger partial charge in [0, 0.05) is 17.1 Å². The number of carbonyl (C=O) groups is 2. The Morgan fingerprint density at radius 1 is 1.09 bits per heavy atom. The second-order valence-corrected chi connectivity index (χ2v) is 8.83. The van der Waals surface area contributed by atoms with Crippen LogP contribution in [0.4, 0.5) is 5.69 Å². The Morgan fingerprint density at radius 2 is 1.88 bits per heavy atom. The van der Waals surface area contributed by atoms with Gasteiger partial charge >= 0.3 is 0 Å². The molecular weight excluding hydrogens is 509 g/mol. The quantitative estimate of drug-likeness (QED) is 0.382. The fourth-order valence-corrected chi connectivity index (χ4v) is 4.16. The van der Waals surface area contributed by atoms with Crippen LogP contribution in [-0.2, 0) is 17.9 Å². The van der Waals surface area contributed by atoms with Gasteiger partial charge in [-0.3, -0.25) is 9.59 Å². The van der Waals surface area contributed by atoms with E-state index < -0.39 is 0 Å². The number of aromatic nitrogens is 3. The predicted octanol–water partition coefficient (Wildman–Crippen LogP) is 4.93. The van der Waals surface area contributed by atoms with Gasteiger partial charge in [-0.25, -0.2) is 0 Å². The lowest BCUT2D eigenvalue weighted by Crippen LogP contribution is -2.24. The molecule has 3 rings (SSSR count). The highest BCUT2D eigenvalue weighted by molar-refractivity contribution is 7.99. The molecular formula is C21H20Cl3N5O3S. The molecule has 0 saturated heterocycles. The summed E-state index contributed by atoms with van der Waals surface area (Å²) >= 11 is 19.1. The van der Waals surface area contributed by atoms with Gasteiger partial charge in [-0.2, -0.15) is 0 Å². The second kappa shape index (κ2) is 11.6. The van der Waals surface area contributed by atoms with E-state index in [-0.39, 0.29) is 24.1 Å². The van der Waals surface area contributed by atoms with Crippen molar-refractivity contribution in [1.29, 1.82) is 0 Å². The van der Waals surface area contributed by atoms with Gasteiger partial charge in [0.25, 0.3) is 5.91 Å². The third-order valence-electron chi connectivity index (χ3n) is 4.47. The van der Waals surface area contributed by atoms with Crippen molar-refractivity contribution in [3.63, 3.8) is 0 Å². The lowest BCUT2D eigenvalue weighted by atomic mass is 10.2. The van der Waals surface area contributed by atoms with Gasteiger partial charge in [0.15, 0.2) is 11.0 Å². The molecule has 0 aliphatic carbocycles. The van der Waals surface area contributed by atoms with Crippen molar-refractivity contribution in [2.45, 2.75) is 25.2 Å². The molecule has 174 valence electrons. The van der Waals surface area contributed by atoms with Crippen LogP contribution in [-0.4, -0.2) is 39.4 Å². The van der Waals surface area contributed by atoms with Crippen molar-refractivity contribution in [2.24, 2.45) is 0 Å². The van der Waals surface area contributed by atoms with E-state index in [4.69, 9.17) is 39.5 Å². The molecule has 0 aliphatic heterocycles. The molecule has 0 spiro atoms. The fourth-order valence-electron chi connectivity index (χ4n) is 2.87. The maximum absolute atomic E-state index is 12.4. The number of rotatable bonds is 9. The molecule has 2 aromatic carbocycles. The van der Waals surface area contributed by atoms with Gasteiger partial charge in [0.2, 0.25) is 5.91 Å². The summed E-state index contributed by atoms with van der Waals surface area (Å²) in [6.45, 7) is 2.65. The van der Waals surface area contributed by atoms with Gasteiger partial charge in [-0.1, -0.05) is 46.6 Å². The van der Waals surface area contributed by atoms with Crippen LogP contribution in [0.1, 0.15) is 23.1 Å². The average molecular weight is 529 g/mol. The Hall–Kier alpha value is -2.46. The second-order valence-electron chi connectivity index (χ2n) is 6.64.